The van der Waals surface area contributed by atoms with E-state index in [4.69, 9.17) is 11.5 Å². The molecule has 2 heterocycles. The summed E-state index contributed by atoms with van der Waals surface area (Å²) >= 11 is 2.74. The van der Waals surface area contributed by atoms with Gasteiger partial charge in [-0.25, -0.2) is 4.98 Å². The summed E-state index contributed by atoms with van der Waals surface area (Å²) in [6.45, 7) is 4.03. The van der Waals surface area contributed by atoms with E-state index < -0.39 is 47.8 Å². The van der Waals surface area contributed by atoms with Crippen LogP contribution in [-0.4, -0.2) is 70.2 Å². The van der Waals surface area contributed by atoms with Gasteiger partial charge < -0.3 is 37.8 Å². The Morgan fingerprint density at radius 1 is 1.02 bits per heavy atom. The van der Waals surface area contributed by atoms with Crippen molar-refractivity contribution in [3.8, 4) is 5.75 Å². The van der Waals surface area contributed by atoms with Crippen molar-refractivity contribution in [2.75, 3.05) is 17.6 Å². The van der Waals surface area contributed by atoms with Gasteiger partial charge in [-0.15, -0.1) is 11.3 Å². The second kappa shape index (κ2) is 15.6. The zero-order valence-corrected chi connectivity index (χ0v) is 24.9. The number of nitrogens with two attached hydrogens (primary N) is 2. The number of thiazole rings is 1. The zero-order chi connectivity index (χ0) is 29.9. The number of carbonyl (C=O) groups excluding carboxylic acids is 4. The number of aromatic hydroxyl groups is 1. The first-order valence-electron chi connectivity index (χ1n) is 13.5. The van der Waals surface area contributed by atoms with Crippen molar-refractivity contribution in [2.24, 2.45) is 17.4 Å². The Kier molecular flexibility index (Phi) is 12.2. The number of aromatic nitrogens is 1. The molecule has 41 heavy (non-hydrogen) atoms. The van der Waals surface area contributed by atoms with E-state index in [0.717, 1.165) is 12.1 Å². The van der Waals surface area contributed by atoms with Gasteiger partial charge in [0.1, 0.15) is 29.9 Å². The van der Waals surface area contributed by atoms with Crippen LogP contribution >= 0.6 is 23.1 Å². The largest absolute Gasteiger partial charge is 0.508 e. The van der Waals surface area contributed by atoms with Gasteiger partial charge in [-0.05, 0) is 49.4 Å². The van der Waals surface area contributed by atoms with Crippen LogP contribution < -0.4 is 32.7 Å². The number of amides is 4. The Bertz CT molecular complexity index is 1190. The van der Waals surface area contributed by atoms with Crippen LogP contribution in [-0.2, 0) is 31.4 Å². The highest BCUT2D eigenvalue weighted by Crippen LogP contribution is 2.22. The van der Waals surface area contributed by atoms with Crippen molar-refractivity contribution in [1.82, 2.24) is 20.9 Å². The maximum Gasteiger partial charge on any atom is 0.243 e. The van der Waals surface area contributed by atoms with Crippen LogP contribution in [0.15, 0.2) is 29.6 Å². The van der Waals surface area contributed by atoms with Crippen molar-refractivity contribution in [2.45, 2.75) is 69.5 Å². The van der Waals surface area contributed by atoms with E-state index in [2.05, 4.69) is 26.3 Å². The van der Waals surface area contributed by atoms with Gasteiger partial charge in [0.05, 0.1) is 5.69 Å². The van der Waals surface area contributed by atoms with E-state index in [1.165, 1.54) is 35.2 Å². The number of thioether (sulfide) groups is 1. The molecule has 0 fully saturated rings. The number of benzene rings is 1. The van der Waals surface area contributed by atoms with Gasteiger partial charge in [-0.2, -0.15) is 11.8 Å². The molecule has 12 nitrogen and oxygen atoms in total. The SMILES string of the molecule is CC(C)[C@@H]1NC(=O)[C@H](Cc2ccc(O)cc2)NC(=O)[C@H](CCCCN)Nc2nc(cs2)CSC[C@@H](C(N)=O)NC1=O. The summed E-state index contributed by atoms with van der Waals surface area (Å²) in [4.78, 5) is 57.2. The standard InChI is InChI=1S/C27H39N7O5S2/c1-15(2)22-26(39)32-21(23(29)36)14-40-12-17-13-41-27(30-17)33-19(5-3-4-10-28)24(37)31-20(25(38)34-22)11-16-6-8-18(35)9-7-16/h6-9,13,15,19-22,35H,3-5,10-12,14,28H2,1-2H3,(H2,29,36)(H,30,33)(H,31,37)(H,32,39)(H,34,38)/t19-,20-,21-,22-/m0/s1. The maximum absolute atomic E-state index is 13.6. The van der Waals surface area contributed by atoms with E-state index in [1.54, 1.807) is 26.0 Å². The van der Waals surface area contributed by atoms with Crippen LogP contribution in [0.25, 0.3) is 0 Å². The van der Waals surface area contributed by atoms with Crippen molar-refractivity contribution in [1.29, 1.82) is 0 Å². The molecule has 1 aromatic carbocycles. The number of anilines is 1. The molecule has 9 N–H and O–H groups in total. The van der Waals surface area contributed by atoms with Gasteiger partial charge in [-0.1, -0.05) is 26.0 Å². The number of primary amides is 1. The predicted molar refractivity (Wildman–Crippen MR) is 160 cm³/mol. The predicted octanol–water partition coefficient (Wildman–Crippen LogP) is 0.843. The molecule has 4 amide bonds. The molecule has 2 aromatic rings. The molecule has 4 atom stereocenters. The summed E-state index contributed by atoms with van der Waals surface area (Å²) in [6, 6.07) is 2.67. The van der Waals surface area contributed by atoms with Crippen molar-refractivity contribution < 1.29 is 24.3 Å². The number of nitrogens with zero attached hydrogens (tertiary/aromatic N) is 1. The lowest BCUT2D eigenvalue weighted by Gasteiger charge is -2.28. The molecule has 0 unspecified atom stereocenters. The normalized spacial score (nSPS) is 22.7. The Balaban J connectivity index is 1.96. The van der Waals surface area contributed by atoms with E-state index >= 15 is 0 Å². The summed E-state index contributed by atoms with van der Waals surface area (Å²) in [7, 11) is 0. The molecular weight excluding hydrogens is 566 g/mol. The first-order chi connectivity index (χ1) is 19.6. The molecule has 0 spiro atoms. The van der Waals surface area contributed by atoms with E-state index in [1.807, 2.05) is 5.38 Å². The fourth-order valence-electron chi connectivity index (χ4n) is 4.23. The smallest absolute Gasteiger partial charge is 0.243 e. The molecule has 3 rings (SSSR count). The van der Waals surface area contributed by atoms with Crippen LogP contribution in [0.2, 0.25) is 0 Å². The van der Waals surface area contributed by atoms with E-state index in [-0.39, 0.29) is 23.8 Å². The van der Waals surface area contributed by atoms with Crippen molar-refractivity contribution in [3.05, 3.63) is 40.9 Å². The molecule has 224 valence electrons. The number of hydrogen-bond acceptors (Lipinski definition) is 10. The van der Waals surface area contributed by atoms with Crippen molar-refractivity contribution in [3.63, 3.8) is 0 Å². The summed E-state index contributed by atoms with van der Waals surface area (Å²) in [6.07, 6.45) is 2.00. The zero-order valence-electron chi connectivity index (χ0n) is 23.2. The Morgan fingerprint density at radius 2 is 1.73 bits per heavy atom. The topological polar surface area (TPSA) is 202 Å². The molecular formula is C27H39N7O5S2. The number of unbranched alkanes of at least 4 members (excludes halogenated alkanes) is 1. The minimum Gasteiger partial charge on any atom is -0.508 e. The molecule has 0 aliphatic carbocycles. The van der Waals surface area contributed by atoms with Gasteiger partial charge >= 0.3 is 0 Å². The highest BCUT2D eigenvalue weighted by molar-refractivity contribution is 7.98. The number of rotatable bonds is 8. The second-order valence-corrected chi connectivity index (χ2v) is 12.2. The maximum atomic E-state index is 13.6. The fourth-order valence-corrected chi connectivity index (χ4v) is 6.05. The highest BCUT2D eigenvalue weighted by atomic mass is 32.2. The lowest BCUT2D eigenvalue weighted by atomic mass is 10.00. The average molecular weight is 606 g/mol. The second-order valence-electron chi connectivity index (χ2n) is 10.3. The monoisotopic (exact) mass is 605 g/mol. The average Bonchev–Trinajstić information content (AvgIpc) is 3.37. The first kappa shape index (κ1) is 32.2. The third-order valence-corrected chi connectivity index (χ3v) is 8.45. The molecule has 0 saturated carbocycles. The third-order valence-electron chi connectivity index (χ3n) is 6.56. The molecule has 0 radical (unpaired) electrons. The van der Waals surface area contributed by atoms with Gasteiger partial charge in [0.25, 0.3) is 0 Å². The van der Waals surface area contributed by atoms with Crippen molar-refractivity contribution >= 4 is 51.9 Å². The van der Waals surface area contributed by atoms with Crippen LogP contribution in [0, 0.1) is 5.92 Å². The van der Waals surface area contributed by atoms with Crippen LogP contribution in [0.5, 0.6) is 5.75 Å². The molecule has 1 aromatic heterocycles. The summed E-state index contributed by atoms with van der Waals surface area (Å²) in [5.41, 5.74) is 12.7. The number of hydrogen-bond donors (Lipinski definition) is 7. The van der Waals surface area contributed by atoms with E-state index in [0.29, 0.717) is 35.8 Å². The highest BCUT2D eigenvalue weighted by Gasteiger charge is 2.32. The number of nitrogens with one attached hydrogen (secondary N) is 4. The third kappa shape index (κ3) is 9.90. The van der Waals surface area contributed by atoms with E-state index in [9.17, 15) is 24.3 Å². The lowest BCUT2D eigenvalue weighted by molar-refractivity contribution is -0.134. The minimum atomic E-state index is -1.04. The molecule has 1 aliphatic rings. The van der Waals surface area contributed by atoms with Gasteiger partial charge in [0.15, 0.2) is 5.13 Å². The first-order valence-corrected chi connectivity index (χ1v) is 15.6. The van der Waals surface area contributed by atoms with Gasteiger partial charge in [0, 0.05) is 23.3 Å². The molecule has 0 saturated heterocycles. The number of phenols is 1. The number of carbonyl (C=O) groups is 4. The summed E-state index contributed by atoms with van der Waals surface area (Å²) in [5.74, 6) is -1.74. The quantitative estimate of drug-likeness (QED) is 0.213. The van der Waals surface area contributed by atoms with Gasteiger partial charge in [-0.3, -0.25) is 19.2 Å². The minimum absolute atomic E-state index is 0.0711. The Labute approximate surface area is 247 Å². The lowest BCUT2D eigenvalue weighted by Crippen LogP contribution is -2.59. The van der Waals surface area contributed by atoms with Crippen LogP contribution in [0.3, 0.4) is 0 Å². The summed E-state index contributed by atoms with van der Waals surface area (Å²) in [5, 5.41) is 23.6. The molecule has 14 heteroatoms. The van der Waals surface area contributed by atoms with Crippen LogP contribution in [0.4, 0.5) is 5.13 Å². The summed E-state index contributed by atoms with van der Waals surface area (Å²) < 4.78 is 0. The van der Waals surface area contributed by atoms with Gasteiger partial charge in [0.2, 0.25) is 23.6 Å². The number of fused-ring (bicyclic) bond motifs is 2. The number of phenolic OH excluding ortho intramolecular Hbond substituents is 1. The molecule has 2 bridgehead atoms. The Morgan fingerprint density at radius 3 is 2.39 bits per heavy atom. The molecule has 1 aliphatic heterocycles. The van der Waals surface area contributed by atoms with Crippen LogP contribution in [0.1, 0.15) is 44.4 Å². The Hall–Kier alpha value is -3.36. The fraction of sp³-hybridized carbons (Fsp3) is 0.519.